The molecule has 1 heterocycles. The van der Waals surface area contributed by atoms with Crippen LogP contribution in [0.15, 0.2) is 18.5 Å². The van der Waals surface area contributed by atoms with E-state index in [-0.39, 0.29) is 12.3 Å². The number of carboxylic acid groups (broad SMARTS) is 1. The zero-order chi connectivity index (χ0) is 14.6. The van der Waals surface area contributed by atoms with E-state index in [2.05, 4.69) is 10.3 Å². The van der Waals surface area contributed by atoms with Gasteiger partial charge in [0.25, 0.3) is 0 Å². The van der Waals surface area contributed by atoms with E-state index < -0.39 is 11.4 Å². The molecule has 1 aromatic heterocycles. The fourth-order valence-electron chi connectivity index (χ4n) is 2.67. The van der Waals surface area contributed by atoms with Gasteiger partial charge >= 0.3 is 5.97 Å². The predicted molar refractivity (Wildman–Crippen MR) is 75.6 cm³/mol. The van der Waals surface area contributed by atoms with Crippen LogP contribution in [0.1, 0.15) is 38.5 Å². The lowest BCUT2D eigenvalue weighted by molar-refractivity contribution is -0.153. The number of amides is 1. The minimum atomic E-state index is -0.934. The van der Waals surface area contributed by atoms with Crippen molar-refractivity contribution in [3.05, 3.63) is 23.5 Å². The molecule has 0 spiro atoms. The maximum Gasteiger partial charge on any atom is 0.310 e. The highest BCUT2D eigenvalue weighted by molar-refractivity contribution is 6.33. The van der Waals surface area contributed by atoms with Crippen molar-refractivity contribution in [2.75, 3.05) is 5.32 Å². The lowest BCUT2D eigenvalue weighted by Gasteiger charge is -2.32. The lowest BCUT2D eigenvalue weighted by atomic mass is 9.71. The van der Waals surface area contributed by atoms with Gasteiger partial charge in [-0.15, -0.1) is 0 Å². The van der Waals surface area contributed by atoms with Gasteiger partial charge in [0.05, 0.1) is 22.3 Å². The minimum Gasteiger partial charge on any atom is -0.481 e. The van der Waals surface area contributed by atoms with Gasteiger partial charge in [0.15, 0.2) is 0 Å². The summed E-state index contributed by atoms with van der Waals surface area (Å²) < 4.78 is 0. The number of halogens is 1. The van der Waals surface area contributed by atoms with E-state index in [1.54, 1.807) is 6.07 Å². The first-order chi connectivity index (χ1) is 9.53. The first-order valence-corrected chi connectivity index (χ1v) is 7.04. The van der Waals surface area contributed by atoms with Gasteiger partial charge in [0.1, 0.15) is 0 Å². The Morgan fingerprint density at radius 1 is 1.35 bits per heavy atom. The Morgan fingerprint density at radius 3 is 2.65 bits per heavy atom. The van der Waals surface area contributed by atoms with E-state index in [1.165, 1.54) is 12.4 Å². The third kappa shape index (κ3) is 3.28. The normalized spacial score (nSPS) is 17.4. The molecule has 1 saturated carbocycles. The number of rotatable bonds is 4. The highest BCUT2D eigenvalue weighted by Crippen LogP contribution is 2.40. The van der Waals surface area contributed by atoms with Crippen LogP contribution in [0.3, 0.4) is 0 Å². The van der Waals surface area contributed by atoms with Gasteiger partial charge in [-0.25, -0.2) is 0 Å². The Hall–Kier alpha value is -1.62. The molecule has 0 bridgehead atoms. The molecule has 20 heavy (non-hydrogen) atoms. The molecule has 0 radical (unpaired) electrons. The smallest absolute Gasteiger partial charge is 0.310 e. The molecule has 0 aliphatic heterocycles. The number of hydrogen-bond donors (Lipinski definition) is 2. The van der Waals surface area contributed by atoms with Crippen LogP contribution in [-0.2, 0) is 9.59 Å². The largest absolute Gasteiger partial charge is 0.481 e. The molecule has 1 amide bonds. The highest BCUT2D eigenvalue weighted by atomic mass is 35.5. The lowest BCUT2D eigenvalue weighted by Crippen LogP contribution is -2.37. The highest BCUT2D eigenvalue weighted by Gasteiger charge is 2.41. The maximum absolute atomic E-state index is 12.1. The predicted octanol–water partition coefficient (Wildman–Crippen LogP) is 3.10. The summed E-state index contributed by atoms with van der Waals surface area (Å²) >= 11 is 5.94. The Bertz CT molecular complexity index is 513. The van der Waals surface area contributed by atoms with Crippen molar-refractivity contribution >= 4 is 29.2 Å². The van der Waals surface area contributed by atoms with Gasteiger partial charge in [-0.05, 0) is 18.9 Å². The number of nitrogens with one attached hydrogen (secondary N) is 1. The summed E-state index contributed by atoms with van der Waals surface area (Å²) in [6.07, 6.45) is 6.80. The van der Waals surface area contributed by atoms with E-state index in [4.69, 9.17) is 11.6 Å². The van der Waals surface area contributed by atoms with Crippen molar-refractivity contribution < 1.29 is 14.7 Å². The van der Waals surface area contributed by atoms with Crippen molar-refractivity contribution in [3.63, 3.8) is 0 Å². The number of nitrogens with zero attached hydrogens (tertiary/aromatic N) is 1. The van der Waals surface area contributed by atoms with Crippen LogP contribution in [0.25, 0.3) is 0 Å². The maximum atomic E-state index is 12.1. The van der Waals surface area contributed by atoms with E-state index in [0.717, 1.165) is 19.3 Å². The summed E-state index contributed by atoms with van der Waals surface area (Å²) in [6.45, 7) is 0. The molecule has 2 rings (SSSR count). The molecule has 5 nitrogen and oxygen atoms in total. The van der Waals surface area contributed by atoms with Crippen molar-refractivity contribution in [1.29, 1.82) is 0 Å². The third-order valence-corrected chi connectivity index (χ3v) is 4.13. The summed E-state index contributed by atoms with van der Waals surface area (Å²) in [5, 5.41) is 12.5. The summed E-state index contributed by atoms with van der Waals surface area (Å²) in [4.78, 5) is 27.5. The number of anilines is 1. The molecular weight excluding hydrogens is 280 g/mol. The molecule has 0 unspecified atom stereocenters. The zero-order valence-electron chi connectivity index (χ0n) is 11.1. The average Bonchev–Trinajstić information content (AvgIpc) is 2.42. The van der Waals surface area contributed by atoms with E-state index in [0.29, 0.717) is 23.6 Å². The Morgan fingerprint density at radius 2 is 2.05 bits per heavy atom. The van der Waals surface area contributed by atoms with Gasteiger partial charge in [0, 0.05) is 12.6 Å². The second-order valence-electron chi connectivity index (χ2n) is 5.23. The van der Waals surface area contributed by atoms with Crippen molar-refractivity contribution in [2.45, 2.75) is 38.5 Å². The van der Waals surface area contributed by atoms with E-state index >= 15 is 0 Å². The Labute approximate surface area is 122 Å². The summed E-state index contributed by atoms with van der Waals surface area (Å²) in [6, 6.07) is 1.57. The van der Waals surface area contributed by atoms with Crippen LogP contribution in [0, 0.1) is 5.41 Å². The number of aliphatic carboxylic acids is 1. The van der Waals surface area contributed by atoms with Crippen molar-refractivity contribution in [1.82, 2.24) is 4.98 Å². The topological polar surface area (TPSA) is 79.3 Å². The monoisotopic (exact) mass is 296 g/mol. The molecule has 0 saturated heterocycles. The number of pyridine rings is 1. The van der Waals surface area contributed by atoms with E-state index in [1.807, 2.05) is 0 Å². The Balaban J connectivity index is 2.06. The van der Waals surface area contributed by atoms with Crippen LogP contribution >= 0.6 is 11.6 Å². The molecule has 0 aromatic carbocycles. The third-order valence-electron chi connectivity index (χ3n) is 3.81. The van der Waals surface area contributed by atoms with Gasteiger partial charge in [-0.2, -0.15) is 0 Å². The summed E-state index contributed by atoms with van der Waals surface area (Å²) in [5.74, 6) is -1.21. The fourth-order valence-corrected chi connectivity index (χ4v) is 2.82. The summed E-state index contributed by atoms with van der Waals surface area (Å²) in [5.41, 5.74) is -0.521. The number of carboxylic acids is 1. The molecule has 2 N–H and O–H groups in total. The zero-order valence-corrected chi connectivity index (χ0v) is 11.8. The molecule has 1 aromatic rings. The fraction of sp³-hybridized carbons (Fsp3) is 0.500. The van der Waals surface area contributed by atoms with Gasteiger partial charge in [-0.3, -0.25) is 14.6 Å². The molecule has 6 heteroatoms. The van der Waals surface area contributed by atoms with Crippen LogP contribution < -0.4 is 5.32 Å². The van der Waals surface area contributed by atoms with Crippen LogP contribution in [-0.4, -0.2) is 22.0 Å². The minimum absolute atomic E-state index is 0.0203. The Kier molecular flexibility index (Phi) is 4.60. The molecule has 0 atom stereocenters. The molecule has 1 aliphatic carbocycles. The number of carbonyl (C=O) groups is 2. The van der Waals surface area contributed by atoms with Gasteiger partial charge < -0.3 is 10.4 Å². The second-order valence-corrected chi connectivity index (χ2v) is 5.63. The first-order valence-electron chi connectivity index (χ1n) is 6.66. The van der Waals surface area contributed by atoms with Crippen molar-refractivity contribution in [2.24, 2.45) is 5.41 Å². The molecule has 1 aliphatic rings. The molecule has 1 fully saturated rings. The number of hydrogen-bond acceptors (Lipinski definition) is 3. The average molecular weight is 297 g/mol. The van der Waals surface area contributed by atoms with Crippen molar-refractivity contribution in [3.8, 4) is 0 Å². The van der Waals surface area contributed by atoms with Gasteiger partial charge in [-0.1, -0.05) is 30.9 Å². The number of carbonyl (C=O) groups excluding carboxylic acids is 1. The van der Waals surface area contributed by atoms with E-state index in [9.17, 15) is 14.7 Å². The quantitative estimate of drug-likeness (QED) is 0.895. The first kappa shape index (κ1) is 14.8. The SMILES string of the molecule is O=C(CC1(C(=O)O)CCCCC1)Nc1cnccc1Cl. The number of aromatic nitrogens is 1. The van der Waals surface area contributed by atoms with Crippen LogP contribution in [0.2, 0.25) is 5.02 Å². The second kappa shape index (κ2) is 6.22. The molecule has 108 valence electrons. The van der Waals surface area contributed by atoms with Crippen LogP contribution in [0.5, 0.6) is 0 Å². The standard InChI is InChI=1S/C14H17ClN2O3/c15-10-4-7-16-9-11(10)17-12(18)8-14(13(19)20)5-2-1-3-6-14/h4,7,9H,1-3,5-6,8H2,(H,17,18)(H,19,20). The summed E-state index contributed by atoms with van der Waals surface area (Å²) in [7, 11) is 0. The van der Waals surface area contributed by atoms with Crippen LogP contribution in [0.4, 0.5) is 5.69 Å². The molecular formula is C14H17ClN2O3. The van der Waals surface area contributed by atoms with Gasteiger partial charge in [0.2, 0.25) is 5.91 Å².